The third-order valence-corrected chi connectivity index (χ3v) is 2.11. The van der Waals surface area contributed by atoms with Gasteiger partial charge in [-0.2, -0.15) is 0 Å². The second-order valence-corrected chi connectivity index (χ2v) is 3.15. The van der Waals surface area contributed by atoms with Crippen molar-refractivity contribution in [1.29, 1.82) is 0 Å². The molecule has 0 N–H and O–H groups in total. The van der Waals surface area contributed by atoms with E-state index in [9.17, 15) is 4.79 Å². The molecule has 0 spiro atoms. The van der Waals surface area contributed by atoms with Crippen LogP contribution in [-0.4, -0.2) is 13.1 Å². The van der Waals surface area contributed by atoms with Gasteiger partial charge in [-0.25, -0.2) is 4.79 Å². The second kappa shape index (κ2) is 6.10. The van der Waals surface area contributed by atoms with Gasteiger partial charge < -0.3 is 4.74 Å². The van der Waals surface area contributed by atoms with E-state index in [2.05, 4.69) is 16.0 Å². The highest BCUT2D eigenvalue weighted by atomic mass is 35.5. The maximum Gasteiger partial charge on any atom is 0.337 e. The SMILES string of the molecule is COC(=O)c1ccc(CCC#CCl)cc1. The number of hydrogen-bond donors (Lipinski definition) is 0. The second-order valence-electron chi connectivity index (χ2n) is 2.96. The molecule has 0 aliphatic heterocycles. The number of carbonyl (C=O) groups excluding carboxylic acids is 1. The number of rotatable bonds is 3. The van der Waals surface area contributed by atoms with E-state index in [-0.39, 0.29) is 5.97 Å². The molecule has 0 aliphatic rings. The Labute approximate surface area is 94.2 Å². The van der Waals surface area contributed by atoms with E-state index >= 15 is 0 Å². The fourth-order valence-corrected chi connectivity index (χ4v) is 1.27. The normalized spacial score (nSPS) is 8.93. The monoisotopic (exact) mass is 222 g/mol. The number of esters is 1. The molecule has 0 bridgehead atoms. The van der Waals surface area contributed by atoms with Gasteiger partial charge in [0.25, 0.3) is 0 Å². The Hall–Kier alpha value is -1.46. The summed E-state index contributed by atoms with van der Waals surface area (Å²) >= 11 is 5.23. The summed E-state index contributed by atoms with van der Waals surface area (Å²) < 4.78 is 4.60. The zero-order chi connectivity index (χ0) is 11.1. The molecule has 0 unspecified atom stereocenters. The van der Waals surface area contributed by atoms with E-state index in [0.29, 0.717) is 5.56 Å². The smallest absolute Gasteiger partial charge is 0.337 e. The number of hydrogen-bond acceptors (Lipinski definition) is 2. The minimum atomic E-state index is -0.318. The summed E-state index contributed by atoms with van der Waals surface area (Å²) in [5, 5.41) is 2.32. The van der Waals surface area contributed by atoms with Gasteiger partial charge in [0.05, 0.1) is 12.7 Å². The standard InChI is InChI=1S/C12H11ClO2/c1-15-12(14)11-7-5-10(6-8-11)4-2-3-9-13/h5-8H,2,4H2,1H3. The number of halogens is 1. The average molecular weight is 223 g/mol. The van der Waals surface area contributed by atoms with Crippen LogP contribution in [0.25, 0.3) is 0 Å². The maximum absolute atomic E-state index is 11.1. The van der Waals surface area contributed by atoms with Crippen molar-refractivity contribution in [3.63, 3.8) is 0 Å². The third-order valence-electron chi connectivity index (χ3n) is 1.98. The van der Waals surface area contributed by atoms with E-state index in [1.165, 1.54) is 7.11 Å². The lowest BCUT2D eigenvalue weighted by Crippen LogP contribution is -2.00. The highest BCUT2D eigenvalue weighted by Crippen LogP contribution is 2.07. The van der Waals surface area contributed by atoms with Crippen LogP contribution >= 0.6 is 11.6 Å². The van der Waals surface area contributed by atoms with Crippen molar-refractivity contribution >= 4 is 17.6 Å². The summed E-state index contributed by atoms with van der Waals surface area (Å²) in [6.45, 7) is 0. The first-order chi connectivity index (χ1) is 7.27. The molecule has 78 valence electrons. The van der Waals surface area contributed by atoms with E-state index < -0.39 is 0 Å². The lowest BCUT2D eigenvalue weighted by atomic mass is 10.1. The molecule has 1 aromatic rings. The number of benzene rings is 1. The van der Waals surface area contributed by atoms with Crippen LogP contribution in [0.1, 0.15) is 22.3 Å². The summed E-state index contributed by atoms with van der Waals surface area (Å²) in [7, 11) is 1.37. The molecule has 1 rings (SSSR count). The molecule has 15 heavy (non-hydrogen) atoms. The van der Waals surface area contributed by atoms with E-state index in [1.54, 1.807) is 12.1 Å². The summed E-state index contributed by atoms with van der Waals surface area (Å²) in [6, 6.07) is 7.27. The predicted molar refractivity (Wildman–Crippen MR) is 59.7 cm³/mol. The largest absolute Gasteiger partial charge is 0.465 e. The van der Waals surface area contributed by atoms with Gasteiger partial charge >= 0.3 is 5.97 Å². The zero-order valence-corrected chi connectivity index (χ0v) is 9.17. The van der Waals surface area contributed by atoms with E-state index in [1.807, 2.05) is 12.1 Å². The fourth-order valence-electron chi connectivity index (χ4n) is 1.18. The molecular formula is C12H11ClO2. The van der Waals surface area contributed by atoms with Gasteiger partial charge in [-0.3, -0.25) is 0 Å². The zero-order valence-electron chi connectivity index (χ0n) is 8.42. The highest BCUT2D eigenvalue weighted by molar-refractivity contribution is 6.30. The topological polar surface area (TPSA) is 26.3 Å². The number of methoxy groups -OCH3 is 1. The Morgan fingerprint density at radius 2 is 2.07 bits per heavy atom. The Kier molecular flexibility index (Phi) is 4.73. The van der Waals surface area contributed by atoms with E-state index in [4.69, 9.17) is 11.6 Å². The molecule has 3 heteroatoms. The molecule has 1 aromatic carbocycles. The van der Waals surface area contributed by atoms with Crippen LogP contribution in [0.5, 0.6) is 0 Å². The minimum absolute atomic E-state index is 0.318. The summed E-state index contributed by atoms with van der Waals surface area (Å²) in [5.41, 5.74) is 1.69. The average Bonchev–Trinajstić information content (AvgIpc) is 2.29. The first-order valence-corrected chi connectivity index (χ1v) is 4.91. The van der Waals surface area contributed by atoms with Crippen molar-refractivity contribution in [2.45, 2.75) is 12.8 Å². The molecular weight excluding hydrogens is 212 g/mol. The van der Waals surface area contributed by atoms with Crippen LogP contribution in [0.4, 0.5) is 0 Å². The highest BCUT2D eigenvalue weighted by Gasteiger charge is 2.03. The number of ether oxygens (including phenoxy) is 1. The van der Waals surface area contributed by atoms with Crippen LogP contribution in [-0.2, 0) is 11.2 Å². The predicted octanol–water partition coefficient (Wildman–Crippen LogP) is 2.61. The Morgan fingerprint density at radius 3 is 2.60 bits per heavy atom. The number of carbonyl (C=O) groups is 1. The maximum atomic E-state index is 11.1. The molecule has 0 atom stereocenters. The van der Waals surface area contributed by atoms with Crippen molar-refractivity contribution in [1.82, 2.24) is 0 Å². The molecule has 0 saturated heterocycles. The fraction of sp³-hybridized carbons (Fsp3) is 0.250. The van der Waals surface area contributed by atoms with Gasteiger partial charge in [0.2, 0.25) is 0 Å². The quantitative estimate of drug-likeness (QED) is 0.581. The van der Waals surface area contributed by atoms with Crippen molar-refractivity contribution in [3.05, 3.63) is 35.4 Å². The summed E-state index contributed by atoms with van der Waals surface area (Å²) in [5.74, 6) is 2.45. The molecule has 2 nitrogen and oxygen atoms in total. The van der Waals surface area contributed by atoms with Crippen molar-refractivity contribution in [2.75, 3.05) is 7.11 Å². The molecule has 0 fully saturated rings. The van der Waals surface area contributed by atoms with Gasteiger partial charge in [0, 0.05) is 11.8 Å². The van der Waals surface area contributed by atoms with Gasteiger partial charge in [0.15, 0.2) is 0 Å². The van der Waals surface area contributed by atoms with Gasteiger partial charge in [-0.15, -0.1) is 0 Å². The van der Waals surface area contributed by atoms with Crippen molar-refractivity contribution in [2.24, 2.45) is 0 Å². The van der Waals surface area contributed by atoms with Gasteiger partial charge in [0.1, 0.15) is 0 Å². The van der Waals surface area contributed by atoms with Crippen LogP contribution in [0.15, 0.2) is 24.3 Å². The summed E-state index contributed by atoms with van der Waals surface area (Å²) in [4.78, 5) is 11.1. The molecule has 0 radical (unpaired) electrons. The molecule has 0 amide bonds. The van der Waals surface area contributed by atoms with Crippen LogP contribution in [0.2, 0.25) is 0 Å². The minimum Gasteiger partial charge on any atom is -0.465 e. The lowest BCUT2D eigenvalue weighted by Gasteiger charge is -2.00. The molecule has 0 aliphatic carbocycles. The van der Waals surface area contributed by atoms with Gasteiger partial charge in [-0.1, -0.05) is 18.1 Å². The van der Waals surface area contributed by atoms with Gasteiger partial charge in [-0.05, 0) is 35.7 Å². The van der Waals surface area contributed by atoms with Crippen LogP contribution in [0, 0.1) is 11.3 Å². The van der Waals surface area contributed by atoms with E-state index in [0.717, 1.165) is 18.4 Å². The Bertz CT molecular complexity index is 384. The first kappa shape index (κ1) is 11.6. The molecule has 0 aromatic heterocycles. The lowest BCUT2D eigenvalue weighted by molar-refractivity contribution is 0.0600. The van der Waals surface area contributed by atoms with Crippen LogP contribution in [0.3, 0.4) is 0 Å². The Morgan fingerprint density at radius 1 is 1.40 bits per heavy atom. The molecule has 0 heterocycles. The molecule has 0 saturated carbocycles. The van der Waals surface area contributed by atoms with Crippen molar-refractivity contribution in [3.8, 4) is 11.3 Å². The summed E-state index contributed by atoms with van der Waals surface area (Å²) in [6.07, 6.45) is 1.56. The number of aryl methyl sites for hydroxylation is 1. The van der Waals surface area contributed by atoms with Crippen LogP contribution < -0.4 is 0 Å². The first-order valence-electron chi connectivity index (χ1n) is 4.53. The Balaban J connectivity index is 2.62. The third kappa shape index (κ3) is 3.65. The van der Waals surface area contributed by atoms with Crippen molar-refractivity contribution < 1.29 is 9.53 Å².